The second-order valence-corrected chi connectivity index (χ2v) is 3.99. The van der Waals surface area contributed by atoms with Gasteiger partial charge in [0.15, 0.2) is 0 Å². The summed E-state index contributed by atoms with van der Waals surface area (Å²) in [5.74, 6) is -0.120. The lowest BCUT2D eigenvalue weighted by Crippen LogP contribution is -2.37. The molecule has 0 aliphatic heterocycles. The molecule has 0 aliphatic carbocycles. The molecule has 0 spiro atoms. The second-order valence-electron chi connectivity index (χ2n) is 3.99. The number of methoxy groups -OCH3 is 1. The fourth-order valence-electron chi connectivity index (χ4n) is 1.44. The molecule has 0 fully saturated rings. The van der Waals surface area contributed by atoms with Gasteiger partial charge in [-0.25, -0.2) is 0 Å². The highest BCUT2D eigenvalue weighted by Crippen LogP contribution is 2.21. The van der Waals surface area contributed by atoms with Crippen LogP contribution in [0.25, 0.3) is 0 Å². The molecule has 0 aliphatic rings. The number of carbonyl (C=O) groups is 2. The normalized spacial score (nSPS) is 9.79. The number of nitrogens with one attached hydrogen (secondary N) is 2. The monoisotopic (exact) mass is 265 g/mol. The van der Waals surface area contributed by atoms with Gasteiger partial charge in [0.05, 0.1) is 19.3 Å². The first kappa shape index (κ1) is 14.8. The number of hydrogen-bond donors (Lipinski definition) is 3. The van der Waals surface area contributed by atoms with Gasteiger partial charge < -0.3 is 21.1 Å². The average molecular weight is 265 g/mol. The van der Waals surface area contributed by atoms with Gasteiger partial charge in [0.1, 0.15) is 5.75 Å². The van der Waals surface area contributed by atoms with Gasteiger partial charge in [0.25, 0.3) is 5.91 Å². The third-order valence-corrected chi connectivity index (χ3v) is 2.48. The van der Waals surface area contributed by atoms with E-state index < -0.39 is 0 Å². The van der Waals surface area contributed by atoms with Gasteiger partial charge in [0, 0.05) is 12.1 Å². The molecule has 2 amide bonds. The lowest BCUT2D eigenvalue weighted by Gasteiger charge is -2.08. The largest absolute Gasteiger partial charge is 0.495 e. The van der Waals surface area contributed by atoms with Crippen molar-refractivity contribution >= 4 is 17.5 Å². The van der Waals surface area contributed by atoms with Crippen molar-refractivity contribution in [1.29, 1.82) is 0 Å². The molecule has 1 rings (SSSR count). The van der Waals surface area contributed by atoms with E-state index in [1.807, 2.05) is 6.92 Å². The number of ether oxygens (including phenoxy) is 1. The van der Waals surface area contributed by atoms with E-state index in [2.05, 4.69) is 10.6 Å². The number of rotatable bonds is 6. The summed E-state index contributed by atoms with van der Waals surface area (Å²) in [5.41, 5.74) is 6.51. The van der Waals surface area contributed by atoms with E-state index in [1.54, 1.807) is 12.1 Å². The highest BCUT2D eigenvalue weighted by Gasteiger charge is 2.10. The molecule has 104 valence electrons. The van der Waals surface area contributed by atoms with Crippen molar-refractivity contribution in [3.63, 3.8) is 0 Å². The molecule has 4 N–H and O–H groups in total. The maximum atomic E-state index is 11.8. The van der Waals surface area contributed by atoms with Crippen molar-refractivity contribution in [2.45, 2.75) is 13.3 Å². The van der Waals surface area contributed by atoms with Crippen molar-refractivity contribution in [3.05, 3.63) is 23.8 Å². The Morgan fingerprint density at radius 2 is 2.05 bits per heavy atom. The molecule has 0 heterocycles. The van der Waals surface area contributed by atoms with Crippen molar-refractivity contribution in [1.82, 2.24) is 10.6 Å². The molecular formula is C13H19N3O3. The quantitative estimate of drug-likeness (QED) is 0.654. The van der Waals surface area contributed by atoms with Crippen LogP contribution in [-0.2, 0) is 4.79 Å². The van der Waals surface area contributed by atoms with Crippen molar-refractivity contribution in [2.75, 3.05) is 25.9 Å². The molecule has 0 bridgehead atoms. The first-order valence-corrected chi connectivity index (χ1v) is 6.07. The lowest BCUT2D eigenvalue weighted by atomic mass is 10.2. The molecule has 0 saturated carbocycles. The summed E-state index contributed by atoms with van der Waals surface area (Å²) in [7, 11) is 1.48. The predicted molar refractivity (Wildman–Crippen MR) is 73.0 cm³/mol. The maximum absolute atomic E-state index is 11.8. The zero-order chi connectivity index (χ0) is 14.3. The van der Waals surface area contributed by atoms with Crippen LogP contribution in [0.4, 0.5) is 5.69 Å². The fourth-order valence-corrected chi connectivity index (χ4v) is 1.44. The Labute approximate surface area is 112 Å². The molecule has 0 saturated heterocycles. The van der Waals surface area contributed by atoms with Crippen LogP contribution in [0.15, 0.2) is 18.2 Å². The molecule has 1 aromatic carbocycles. The van der Waals surface area contributed by atoms with Gasteiger partial charge in [0.2, 0.25) is 5.91 Å². The van der Waals surface area contributed by atoms with Crippen LogP contribution >= 0.6 is 0 Å². The summed E-state index contributed by atoms with van der Waals surface area (Å²) < 4.78 is 5.03. The molecule has 0 radical (unpaired) electrons. The first-order chi connectivity index (χ1) is 9.08. The second kappa shape index (κ2) is 7.25. The Morgan fingerprint density at radius 1 is 1.32 bits per heavy atom. The van der Waals surface area contributed by atoms with Crippen LogP contribution in [-0.4, -0.2) is 32.0 Å². The lowest BCUT2D eigenvalue weighted by molar-refractivity contribution is -0.120. The number of nitrogens with two attached hydrogens (primary N) is 1. The molecular weight excluding hydrogens is 246 g/mol. The number of amides is 2. The number of anilines is 1. The first-order valence-electron chi connectivity index (χ1n) is 6.07. The molecule has 0 aromatic heterocycles. The van der Waals surface area contributed by atoms with Crippen LogP contribution < -0.4 is 21.1 Å². The Morgan fingerprint density at radius 3 is 2.68 bits per heavy atom. The van der Waals surface area contributed by atoms with Crippen LogP contribution in [0, 0.1) is 0 Å². The Hall–Kier alpha value is -2.24. The van der Waals surface area contributed by atoms with E-state index in [-0.39, 0.29) is 18.4 Å². The minimum absolute atomic E-state index is 0.0501. The van der Waals surface area contributed by atoms with E-state index in [9.17, 15) is 9.59 Å². The summed E-state index contributed by atoms with van der Waals surface area (Å²) in [6, 6.07) is 4.71. The van der Waals surface area contributed by atoms with Crippen LogP contribution in [0.1, 0.15) is 23.7 Å². The third kappa shape index (κ3) is 4.50. The average Bonchev–Trinajstić information content (AvgIpc) is 2.42. The topological polar surface area (TPSA) is 93.5 Å². The standard InChI is InChI=1S/C13H19N3O3/c1-3-6-15-12(17)8-16-13(18)9-4-5-10(14)11(7-9)19-2/h4-5,7H,3,6,8,14H2,1-2H3,(H,15,17)(H,16,18). The van der Waals surface area contributed by atoms with Crippen LogP contribution in [0.2, 0.25) is 0 Å². The molecule has 0 unspecified atom stereocenters. The molecule has 6 heteroatoms. The summed E-state index contributed by atoms with van der Waals surface area (Å²) in [5, 5.41) is 5.20. The van der Waals surface area contributed by atoms with E-state index in [1.165, 1.54) is 13.2 Å². The van der Waals surface area contributed by atoms with Crippen molar-refractivity contribution < 1.29 is 14.3 Å². The Balaban J connectivity index is 2.56. The van der Waals surface area contributed by atoms with Crippen LogP contribution in [0.5, 0.6) is 5.75 Å². The number of nitrogen functional groups attached to an aromatic ring is 1. The molecule has 1 aromatic rings. The Bertz CT molecular complexity index is 460. The van der Waals surface area contributed by atoms with E-state index in [4.69, 9.17) is 10.5 Å². The zero-order valence-electron chi connectivity index (χ0n) is 11.2. The maximum Gasteiger partial charge on any atom is 0.251 e. The molecule has 19 heavy (non-hydrogen) atoms. The Kier molecular flexibility index (Phi) is 5.66. The molecule has 0 atom stereocenters. The number of benzene rings is 1. The van der Waals surface area contributed by atoms with Crippen LogP contribution in [0.3, 0.4) is 0 Å². The summed E-state index contributed by atoms with van der Waals surface area (Å²) >= 11 is 0. The number of hydrogen-bond acceptors (Lipinski definition) is 4. The summed E-state index contributed by atoms with van der Waals surface area (Å²) in [6.07, 6.45) is 0.856. The smallest absolute Gasteiger partial charge is 0.251 e. The number of carbonyl (C=O) groups excluding carboxylic acids is 2. The summed E-state index contributed by atoms with van der Waals surface area (Å²) in [6.45, 7) is 2.51. The summed E-state index contributed by atoms with van der Waals surface area (Å²) in [4.78, 5) is 23.2. The molecule has 6 nitrogen and oxygen atoms in total. The van der Waals surface area contributed by atoms with Gasteiger partial charge in [-0.05, 0) is 24.6 Å². The van der Waals surface area contributed by atoms with Crippen molar-refractivity contribution in [3.8, 4) is 5.75 Å². The van der Waals surface area contributed by atoms with E-state index in [0.29, 0.717) is 23.5 Å². The van der Waals surface area contributed by atoms with Gasteiger partial charge in [-0.2, -0.15) is 0 Å². The van der Waals surface area contributed by atoms with Gasteiger partial charge in [-0.3, -0.25) is 9.59 Å². The predicted octanol–water partition coefficient (Wildman–Crippen LogP) is 0.533. The fraction of sp³-hybridized carbons (Fsp3) is 0.385. The van der Waals surface area contributed by atoms with E-state index in [0.717, 1.165) is 6.42 Å². The zero-order valence-corrected chi connectivity index (χ0v) is 11.2. The highest BCUT2D eigenvalue weighted by molar-refractivity contribution is 5.97. The van der Waals surface area contributed by atoms with Gasteiger partial charge >= 0.3 is 0 Å². The third-order valence-electron chi connectivity index (χ3n) is 2.48. The SMILES string of the molecule is CCCNC(=O)CNC(=O)c1ccc(N)c(OC)c1. The van der Waals surface area contributed by atoms with Crippen molar-refractivity contribution in [2.24, 2.45) is 0 Å². The van der Waals surface area contributed by atoms with Gasteiger partial charge in [-0.1, -0.05) is 6.92 Å². The van der Waals surface area contributed by atoms with Gasteiger partial charge in [-0.15, -0.1) is 0 Å². The minimum atomic E-state index is -0.343. The highest BCUT2D eigenvalue weighted by atomic mass is 16.5. The minimum Gasteiger partial charge on any atom is -0.495 e. The van der Waals surface area contributed by atoms with E-state index >= 15 is 0 Å².